The number of aromatic nitrogens is 2. The Morgan fingerprint density at radius 1 is 1.00 bits per heavy atom. The van der Waals surface area contributed by atoms with E-state index in [1.54, 1.807) is 43.3 Å². The molecule has 0 saturated carbocycles. The Bertz CT molecular complexity index is 1060. The fourth-order valence-corrected chi connectivity index (χ4v) is 3.67. The molecule has 29 heavy (non-hydrogen) atoms. The summed E-state index contributed by atoms with van der Waals surface area (Å²) in [6, 6.07) is 9.56. The van der Waals surface area contributed by atoms with Gasteiger partial charge in [-0.2, -0.15) is 5.10 Å². The molecule has 7 nitrogen and oxygen atoms in total. The molecule has 1 aliphatic rings. The Labute approximate surface area is 167 Å². The average molecular weight is 397 g/mol. The van der Waals surface area contributed by atoms with Crippen LogP contribution in [0.4, 0.5) is 10.2 Å². The van der Waals surface area contributed by atoms with E-state index < -0.39 is 0 Å². The first-order valence-electron chi connectivity index (χ1n) is 9.00. The SMILES string of the molecule is COc1ccc([C@H]2CC(=O)Nc3c2cnn3-c2ccc(F)cc2)c(OC)c1OC. The number of anilines is 1. The van der Waals surface area contributed by atoms with Gasteiger partial charge < -0.3 is 19.5 Å². The zero-order valence-electron chi connectivity index (χ0n) is 16.2. The molecule has 0 unspecified atom stereocenters. The van der Waals surface area contributed by atoms with Gasteiger partial charge in [0.2, 0.25) is 11.7 Å². The van der Waals surface area contributed by atoms with Crippen molar-refractivity contribution in [3.63, 3.8) is 0 Å². The molecule has 1 aliphatic heterocycles. The number of hydrogen-bond donors (Lipinski definition) is 1. The summed E-state index contributed by atoms with van der Waals surface area (Å²) in [6.07, 6.45) is 1.94. The second-order valence-corrected chi connectivity index (χ2v) is 6.57. The van der Waals surface area contributed by atoms with Crippen LogP contribution in [0.15, 0.2) is 42.6 Å². The third-order valence-electron chi connectivity index (χ3n) is 5.00. The maximum atomic E-state index is 13.3. The minimum Gasteiger partial charge on any atom is -0.493 e. The van der Waals surface area contributed by atoms with Crippen LogP contribution in [0.2, 0.25) is 0 Å². The number of carbonyl (C=O) groups excluding carboxylic acids is 1. The van der Waals surface area contributed by atoms with E-state index in [0.29, 0.717) is 28.8 Å². The third kappa shape index (κ3) is 3.16. The quantitative estimate of drug-likeness (QED) is 0.713. The summed E-state index contributed by atoms with van der Waals surface area (Å²) in [5.41, 5.74) is 2.27. The first-order chi connectivity index (χ1) is 14.1. The lowest BCUT2D eigenvalue weighted by Crippen LogP contribution is -2.25. The van der Waals surface area contributed by atoms with Crippen LogP contribution in [-0.4, -0.2) is 37.0 Å². The second-order valence-electron chi connectivity index (χ2n) is 6.57. The Morgan fingerprint density at radius 3 is 2.38 bits per heavy atom. The van der Waals surface area contributed by atoms with Gasteiger partial charge in [0.25, 0.3) is 0 Å². The molecule has 2 heterocycles. The van der Waals surface area contributed by atoms with Crippen molar-refractivity contribution in [1.29, 1.82) is 0 Å². The Morgan fingerprint density at radius 2 is 1.72 bits per heavy atom. The minimum atomic E-state index is -0.341. The predicted octanol–water partition coefficient (Wildman–Crippen LogP) is 3.51. The molecule has 0 fully saturated rings. The van der Waals surface area contributed by atoms with Crippen LogP contribution < -0.4 is 19.5 Å². The molecule has 3 aromatic rings. The number of ether oxygens (including phenoxy) is 3. The van der Waals surface area contributed by atoms with Crippen LogP contribution in [0.25, 0.3) is 5.69 Å². The molecule has 0 spiro atoms. The standard InChI is InChI=1S/C21H20FN3O4/c1-27-17-9-8-14(19(28-2)20(17)29-3)15-10-18(26)24-21-16(15)11-23-25(21)13-6-4-12(22)5-7-13/h4-9,11,15H,10H2,1-3H3,(H,24,26)/t15-/m1/s1. The molecule has 1 N–H and O–H groups in total. The summed E-state index contributed by atoms with van der Waals surface area (Å²) in [7, 11) is 4.64. The number of hydrogen-bond acceptors (Lipinski definition) is 5. The lowest BCUT2D eigenvalue weighted by molar-refractivity contribution is -0.116. The minimum absolute atomic E-state index is 0.150. The normalized spacial score (nSPS) is 15.4. The van der Waals surface area contributed by atoms with E-state index in [1.165, 1.54) is 19.2 Å². The van der Waals surface area contributed by atoms with Crippen molar-refractivity contribution in [2.24, 2.45) is 0 Å². The molecular weight excluding hydrogens is 377 g/mol. The zero-order chi connectivity index (χ0) is 20.5. The van der Waals surface area contributed by atoms with E-state index in [1.807, 2.05) is 6.07 Å². The zero-order valence-corrected chi connectivity index (χ0v) is 16.2. The molecular formula is C21H20FN3O4. The highest BCUT2D eigenvalue weighted by Gasteiger charge is 2.33. The van der Waals surface area contributed by atoms with Crippen molar-refractivity contribution in [2.45, 2.75) is 12.3 Å². The van der Waals surface area contributed by atoms with Gasteiger partial charge in [0.1, 0.15) is 11.6 Å². The lowest BCUT2D eigenvalue weighted by Gasteiger charge is -2.26. The Balaban J connectivity index is 1.85. The Kier molecular flexibility index (Phi) is 4.84. The first-order valence-corrected chi connectivity index (χ1v) is 9.00. The van der Waals surface area contributed by atoms with Crippen molar-refractivity contribution >= 4 is 11.7 Å². The number of amides is 1. The van der Waals surface area contributed by atoms with Gasteiger partial charge in [-0.3, -0.25) is 4.79 Å². The Hall–Kier alpha value is -3.55. The highest BCUT2D eigenvalue weighted by atomic mass is 19.1. The van der Waals surface area contributed by atoms with E-state index >= 15 is 0 Å². The predicted molar refractivity (Wildman–Crippen MR) is 105 cm³/mol. The summed E-state index contributed by atoms with van der Waals surface area (Å²) in [6.45, 7) is 0. The second kappa shape index (κ2) is 7.46. The van der Waals surface area contributed by atoms with Crippen molar-refractivity contribution in [1.82, 2.24) is 9.78 Å². The molecule has 1 amide bonds. The van der Waals surface area contributed by atoms with Crippen LogP contribution in [0.3, 0.4) is 0 Å². The highest BCUT2D eigenvalue weighted by Crippen LogP contribution is 2.47. The van der Waals surface area contributed by atoms with Gasteiger partial charge in [0.15, 0.2) is 11.5 Å². The maximum Gasteiger partial charge on any atom is 0.226 e. The number of rotatable bonds is 5. The number of fused-ring (bicyclic) bond motifs is 1. The van der Waals surface area contributed by atoms with Gasteiger partial charge >= 0.3 is 0 Å². The molecule has 8 heteroatoms. The summed E-state index contributed by atoms with van der Waals surface area (Å²) >= 11 is 0. The number of carbonyl (C=O) groups is 1. The van der Waals surface area contributed by atoms with Crippen molar-refractivity contribution in [3.05, 3.63) is 59.5 Å². The highest BCUT2D eigenvalue weighted by molar-refractivity contribution is 5.95. The molecule has 0 aliphatic carbocycles. The molecule has 1 aromatic heterocycles. The molecule has 0 saturated heterocycles. The van der Waals surface area contributed by atoms with E-state index in [2.05, 4.69) is 10.4 Å². The number of halogens is 1. The summed E-state index contributed by atoms with van der Waals surface area (Å²) in [5, 5.41) is 7.30. The number of nitrogens with zero attached hydrogens (tertiary/aromatic N) is 2. The van der Waals surface area contributed by atoms with E-state index in [0.717, 1.165) is 11.1 Å². The van der Waals surface area contributed by atoms with Gasteiger partial charge in [-0.15, -0.1) is 0 Å². The van der Waals surface area contributed by atoms with Gasteiger partial charge in [-0.05, 0) is 30.3 Å². The topological polar surface area (TPSA) is 74.6 Å². The van der Waals surface area contributed by atoms with Crippen LogP contribution in [-0.2, 0) is 4.79 Å². The largest absolute Gasteiger partial charge is 0.493 e. The van der Waals surface area contributed by atoms with Crippen molar-refractivity contribution in [2.75, 3.05) is 26.6 Å². The average Bonchev–Trinajstić information content (AvgIpc) is 3.16. The fourth-order valence-electron chi connectivity index (χ4n) is 3.67. The molecule has 150 valence electrons. The van der Waals surface area contributed by atoms with Gasteiger partial charge in [-0.1, -0.05) is 6.07 Å². The summed E-state index contributed by atoms with van der Waals surface area (Å²) < 4.78 is 31.3. The van der Waals surface area contributed by atoms with Crippen LogP contribution in [0.1, 0.15) is 23.5 Å². The molecule has 0 radical (unpaired) electrons. The molecule has 2 aromatic carbocycles. The first kappa shape index (κ1) is 18.8. The summed E-state index contributed by atoms with van der Waals surface area (Å²) in [4.78, 5) is 12.5. The maximum absolute atomic E-state index is 13.3. The van der Waals surface area contributed by atoms with Gasteiger partial charge in [0.05, 0.1) is 33.2 Å². The van der Waals surface area contributed by atoms with E-state index in [-0.39, 0.29) is 24.1 Å². The molecule has 1 atom stereocenters. The summed E-state index contributed by atoms with van der Waals surface area (Å²) in [5.74, 6) is 1.28. The number of nitrogens with one attached hydrogen (secondary N) is 1. The third-order valence-corrected chi connectivity index (χ3v) is 5.00. The van der Waals surface area contributed by atoms with Crippen molar-refractivity contribution < 1.29 is 23.4 Å². The smallest absolute Gasteiger partial charge is 0.226 e. The van der Waals surface area contributed by atoms with Gasteiger partial charge in [0, 0.05) is 23.5 Å². The van der Waals surface area contributed by atoms with Crippen molar-refractivity contribution in [3.8, 4) is 22.9 Å². The van der Waals surface area contributed by atoms with Crippen LogP contribution in [0, 0.1) is 5.82 Å². The van der Waals surface area contributed by atoms with Crippen LogP contribution in [0.5, 0.6) is 17.2 Å². The van der Waals surface area contributed by atoms with E-state index in [4.69, 9.17) is 14.2 Å². The van der Waals surface area contributed by atoms with E-state index in [9.17, 15) is 9.18 Å². The van der Waals surface area contributed by atoms with Gasteiger partial charge in [-0.25, -0.2) is 9.07 Å². The monoisotopic (exact) mass is 397 g/mol. The number of methoxy groups -OCH3 is 3. The van der Waals surface area contributed by atoms with Crippen LogP contribution >= 0.6 is 0 Å². The fraction of sp³-hybridized carbons (Fsp3) is 0.238. The lowest BCUT2D eigenvalue weighted by atomic mass is 9.86. The number of benzene rings is 2. The molecule has 4 rings (SSSR count). The molecule has 0 bridgehead atoms.